The zero-order valence-corrected chi connectivity index (χ0v) is 18.2. The molecule has 32 heavy (non-hydrogen) atoms. The predicted molar refractivity (Wildman–Crippen MR) is 114 cm³/mol. The molecule has 174 valence electrons. The molecule has 3 atom stereocenters. The van der Waals surface area contributed by atoms with Gasteiger partial charge in [-0.2, -0.15) is 0 Å². The molecule has 3 amide bonds. The van der Waals surface area contributed by atoms with Crippen LogP contribution in [0.2, 0.25) is 0 Å². The molecule has 1 aromatic carbocycles. The summed E-state index contributed by atoms with van der Waals surface area (Å²) in [7, 11) is 0. The third kappa shape index (κ3) is 5.05. The highest BCUT2D eigenvalue weighted by molar-refractivity contribution is 5.88. The zero-order valence-electron chi connectivity index (χ0n) is 18.2. The van der Waals surface area contributed by atoms with E-state index in [1.54, 1.807) is 5.48 Å². The lowest BCUT2D eigenvalue weighted by atomic mass is 9.84. The molecular weight excluding hydrogens is 414 g/mol. The molecule has 0 aromatic heterocycles. The number of rotatable bonds is 4. The van der Waals surface area contributed by atoms with Gasteiger partial charge in [0.2, 0.25) is 11.8 Å². The van der Waals surface area contributed by atoms with Crippen molar-refractivity contribution in [1.82, 2.24) is 15.3 Å². The molecule has 3 aliphatic heterocycles. The highest BCUT2D eigenvalue weighted by Gasteiger charge is 2.43. The maximum absolute atomic E-state index is 13.3. The van der Waals surface area contributed by atoms with Gasteiger partial charge in [-0.1, -0.05) is 30.3 Å². The number of carbonyl (C=O) groups excluding carboxylic acids is 3. The summed E-state index contributed by atoms with van der Waals surface area (Å²) in [6, 6.07) is 10.1. The summed E-state index contributed by atoms with van der Waals surface area (Å²) >= 11 is 0. The molecule has 0 aliphatic carbocycles. The van der Waals surface area contributed by atoms with Crippen LogP contribution in [0.15, 0.2) is 30.3 Å². The Morgan fingerprint density at radius 1 is 0.938 bits per heavy atom. The lowest BCUT2D eigenvalue weighted by molar-refractivity contribution is -0.147. The number of piperidine rings is 1. The number of likely N-dealkylation sites (tertiary alicyclic amines) is 2. The van der Waals surface area contributed by atoms with Crippen molar-refractivity contribution < 1.29 is 29.1 Å². The summed E-state index contributed by atoms with van der Waals surface area (Å²) in [6.45, 7) is 2.75. The van der Waals surface area contributed by atoms with Gasteiger partial charge in [-0.25, -0.2) is 10.3 Å². The van der Waals surface area contributed by atoms with Crippen LogP contribution < -0.4 is 5.48 Å². The molecular formula is C23H31N3O6. The van der Waals surface area contributed by atoms with Crippen molar-refractivity contribution in [2.75, 3.05) is 39.4 Å². The van der Waals surface area contributed by atoms with Crippen molar-refractivity contribution in [3.63, 3.8) is 0 Å². The van der Waals surface area contributed by atoms with Crippen molar-refractivity contribution in [2.45, 2.75) is 37.7 Å². The lowest BCUT2D eigenvalue weighted by Crippen LogP contribution is -2.53. The van der Waals surface area contributed by atoms with Gasteiger partial charge in [0.05, 0.1) is 25.0 Å². The first-order chi connectivity index (χ1) is 15.6. The van der Waals surface area contributed by atoms with Crippen LogP contribution in [-0.4, -0.2) is 78.4 Å². The molecule has 1 aromatic rings. The van der Waals surface area contributed by atoms with Crippen molar-refractivity contribution >= 4 is 17.9 Å². The fourth-order valence-corrected chi connectivity index (χ4v) is 4.97. The van der Waals surface area contributed by atoms with E-state index in [0.29, 0.717) is 52.1 Å². The van der Waals surface area contributed by atoms with E-state index in [1.807, 2.05) is 23.1 Å². The second-order valence-electron chi connectivity index (χ2n) is 8.80. The van der Waals surface area contributed by atoms with E-state index in [9.17, 15) is 19.6 Å². The predicted octanol–water partition coefficient (Wildman–Crippen LogP) is 1.76. The Hall–Kier alpha value is -2.65. The van der Waals surface area contributed by atoms with Crippen LogP contribution in [-0.2, 0) is 19.1 Å². The van der Waals surface area contributed by atoms with Crippen LogP contribution in [0, 0.1) is 11.8 Å². The van der Waals surface area contributed by atoms with Crippen LogP contribution >= 0.6 is 0 Å². The van der Waals surface area contributed by atoms with E-state index >= 15 is 0 Å². The number of hydroxylamine groups is 1. The Morgan fingerprint density at radius 3 is 2.38 bits per heavy atom. The number of nitrogens with zero attached hydrogens (tertiary/aromatic N) is 2. The first-order valence-electron chi connectivity index (χ1n) is 11.4. The standard InChI is InChI=1S/C23H31N3O6/c27-21(24-30)20-15-26(23(29)32-18-8-12-31-13-9-18)11-7-19(20)22(28)25-10-6-17(14-25)16-4-2-1-3-5-16/h1-5,17-20,30H,6-15H2,(H,24,27)/t17-,19-,20-/m0/s1. The largest absolute Gasteiger partial charge is 0.446 e. The number of benzene rings is 1. The third-order valence-electron chi connectivity index (χ3n) is 6.84. The SMILES string of the molecule is O=C(NO)[C@H]1CN(C(=O)OC2CCOCC2)CC[C@@H]1C(=O)N1CC[C@H](c2ccccc2)C1. The van der Waals surface area contributed by atoms with Crippen LogP contribution in [0.4, 0.5) is 4.79 Å². The first kappa shape index (κ1) is 22.5. The summed E-state index contributed by atoms with van der Waals surface area (Å²) in [4.78, 5) is 41.6. The molecule has 3 fully saturated rings. The van der Waals surface area contributed by atoms with Gasteiger partial charge >= 0.3 is 6.09 Å². The second-order valence-corrected chi connectivity index (χ2v) is 8.80. The summed E-state index contributed by atoms with van der Waals surface area (Å²) in [5, 5.41) is 9.26. The number of amides is 3. The topological polar surface area (TPSA) is 108 Å². The van der Waals surface area contributed by atoms with E-state index < -0.39 is 23.8 Å². The molecule has 2 N–H and O–H groups in total. The van der Waals surface area contributed by atoms with Crippen LogP contribution in [0.3, 0.4) is 0 Å². The number of carbonyl (C=O) groups is 3. The van der Waals surface area contributed by atoms with Gasteiger partial charge < -0.3 is 19.3 Å². The average molecular weight is 446 g/mol. The van der Waals surface area contributed by atoms with E-state index in [1.165, 1.54) is 10.5 Å². The minimum atomic E-state index is -0.820. The minimum absolute atomic E-state index is 0.0425. The summed E-state index contributed by atoms with van der Waals surface area (Å²) in [6.07, 6.45) is 1.86. The van der Waals surface area contributed by atoms with Crippen LogP contribution in [0.5, 0.6) is 0 Å². The van der Waals surface area contributed by atoms with E-state index in [4.69, 9.17) is 9.47 Å². The number of nitrogens with one attached hydrogen (secondary N) is 1. The Morgan fingerprint density at radius 2 is 1.66 bits per heavy atom. The second kappa shape index (κ2) is 10.3. The molecule has 9 nitrogen and oxygen atoms in total. The van der Waals surface area contributed by atoms with Crippen LogP contribution in [0.1, 0.15) is 37.2 Å². The van der Waals surface area contributed by atoms with Crippen molar-refractivity contribution in [1.29, 1.82) is 0 Å². The Kier molecular flexibility index (Phi) is 7.26. The van der Waals surface area contributed by atoms with Gasteiger partial charge in [-0.3, -0.25) is 14.8 Å². The molecule has 0 unspecified atom stereocenters. The summed E-state index contributed by atoms with van der Waals surface area (Å²) in [5.41, 5.74) is 2.89. The molecule has 3 heterocycles. The highest BCUT2D eigenvalue weighted by atomic mass is 16.6. The van der Waals surface area contributed by atoms with Crippen LogP contribution in [0.25, 0.3) is 0 Å². The van der Waals surface area contributed by atoms with Gasteiger partial charge in [-0.05, 0) is 18.4 Å². The summed E-state index contributed by atoms with van der Waals surface area (Å²) < 4.78 is 10.9. The molecule has 4 rings (SSSR count). The van der Waals surface area contributed by atoms with Gasteiger partial charge in [0, 0.05) is 44.9 Å². The third-order valence-corrected chi connectivity index (χ3v) is 6.84. The quantitative estimate of drug-likeness (QED) is 0.540. The molecule has 0 bridgehead atoms. The maximum atomic E-state index is 13.3. The number of hydrogen-bond donors (Lipinski definition) is 2. The van der Waals surface area contributed by atoms with Crippen molar-refractivity contribution in [3.8, 4) is 0 Å². The van der Waals surface area contributed by atoms with Gasteiger partial charge in [0.1, 0.15) is 6.10 Å². The zero-order chi connectivity index (χ0) is 22.5. The molecule has 0 spiro atoms. The maximum Gasteiger partial charge on any atom is 0.410 e. The molecule has 0 radical (unpaired) electrons. The normalized spacial score (nSPS) is 26.6. The smallest absolute Gasteiger partial charge is 0.410 e. The van der Waals surface area contributed by atoms with Gasteiger partial charge in [0.25, 0.3) is 0 Å². The van der Waals surface area contributed by atoms with E-state index in [0.717, 1.165) is 6.42 Å². The fraction of sp³-hybridized carbons (Fsp3) is 0.609. The van der Waals surface area contributed by atoms with Crippen molar-refractivity contribution in [3.05, 3.63) is 35.9 Å². The van der Waals surface area contributed by atoms with E-state index in [-0.39, 0.29) is 24.5 Å². The fourth-order valence-electron chi connectivity index (χ4n) is 4.97. The first-order valence-corrected chi connectivity index (χ1v) is 11.4. The molecule has 3 saturated heterocycles. The lowest BCUT2D eigenvalue weighted by Gasteiger charge is -2.38. The number of ether oxygens (including phenoxy) is 2. The minimum Gasteiger partial charge on any atom is -0.446 e. The van der Waals surface area contributed by atoms with E-state index in [2.05, 4.69) is 12.1 Å². The van der Waals surface area contributed by atoms with Crippen molar-refractivity contribution in [2.24, 2.45) is 11.8 Å². The Labute approximate surface area is 187 Å². The molecule has 3 aliphatic rings. The average Bonchev–Trinajstić information content (AvgIpc) is 3.34. The monoisotopic (exact) mass is 445 g/mol. The molecule has 9 heteroatoms. The number of hydrogen-bond acceptors (Lipinski definition) is 6. The highest BCUT2D eigenvalue weighted by Crippen LogP contribution is 2.32. The van der Waals surface area contributed by atoms with Gasteiger partial charge in [0.15, 0.2) is 0 Å². The molecule has 0 saturated carbocycles. The Balaban J connectivity index is 1.38. The Bertz CT molecular complexity index is 813. The summed E-state index contributed by atoms with van der Waals surface area (Å²) in [5.74, 6) is -1.86. The van der Waals surface area contributed by atoms with Gasteiger partial charge in [-0.15, -0.1) is 0 Å².